The number of hydrogen-bond donors (Lipinski definition) is 1. The van der Waals surface area contributed by atoms with Gasteiger partial charge < -0.3 is 5.32 Å². The Hall–Kier alpha value is -2.78. The van der Waals surface area contributed by atoms with E-state index in [9.17, 15) is 23.3 Å². The van der Waals surface area contributed by atoms with Gasteiger partial charge in [-0.15, -0.1) is 0 Å². The van der Waals surface area contributed by atoms with Crippen molar-refractivity contribution >= 4 is 27.3 Å². The average Bonchev–Trinajstić information content (AvgIpc) is 2.57. The molecule has 0 spiro atoms. The lowest BCUT2D eigenvalue weighted by Crippen LogP contribution is -2.35. The Labute approximate surface area is 151 Å². The molecule has 2 aromatic carbocycles. The molecule has 0 aliphatic rings. The molecule has 0 saturated carbocycles. The molecule has 1 amide bonds. The Morgan fingerprint density at radius 2 is 1.69 bits per heavy atom. The maximum Gasteiger partial charge on any atom is 0.269 e. The lowest BCUT2D eigenvalue weighted by atomic mass is 10.2. The normalized spacial score (nSPS) is 11.3. The van der Waals surface area contributed by atoms with Crippen LogP contribution in [0.3, 0.4) is 0 Å². The van der Waals surface area contributed by atoms with Crippen LogP contribution < -0.4 is 5.32 Å². The number of likely N-dealkylation sites (N-methyl/N-ethyl adjacent to an activating group) is 1. The topological polar surface area (TPSA) is 110 Å². The maximum absolute atomic E-state index is 12.4. The van der Waals surface area contributed by atoms with Gasteiger partial charge in [-0.1, -0.05) is 29.8 Å². The Kier molecular flexibility index (Phi) is 6.06. The number of nitro groups is 1. The molecule has 2 rings (SSSR count). The van der Waals surface area contributed by atoms with Crippen molar-refractivity contribution in [3.8, 4) is 0 Å². The molecule has 0 aliphatic heterocycles. The van der Waals surface area contributed by atoms with Gasteiger partial charge in [0.05, 0.1) is 17.2 Å². The molecule has 0 heterocycles. The van der Waals surface area contributed by atoms with Gasteiger partial charge in [0.1, 0.15) is 0 Å². The summed E-state index contributed by atoms with van der Waals surface area (Å²) >= 11 is 0. The first-order valence-corrected chi connectivity index (χ1v) is 9.32. The number of amides is 1. The second-order valence-electron chi connectivity index (χ2n) is 5.85. The summed E-state index contributed by atoms with van der Waals surface area (Å²) in [5, 5.41) is 13.3. The predicted molar refractivity (Wildman–Crippen MR) is 98.2 cm³/mol. The lowest BCUT2D eigenvalue weighted by molar-refractivity contribution is -0.384. The summed E-state index contributed by atoms with van der Waals surface area (Å²) in [5.74, 6) is -0.803. The first-order chi connectivity index (χ1) is 12.2. The minimum atomic E-state index is -3.74. The molecule has 0 atom stereocenters. The third-order valence-corrected chi connectivity index (χ3v) is 5.45. The summed E-state index contributed by atoms with van der Waals surface area (Å²) < 4.78 is 25.7. The van der Waals surface area contributed by atoms with Crippen molar-refractivity contribution in [1.82, 2.24) is 4.31 Å². The van der Waals surface area contributed by atoms with E-state index in [1.54, 1.807) is 12.1 Å². The van der Waals surface area contributed by atoms with Crippen molar-refractivity contribution in [3.05, 3.63) is 69.8 Å². The van der Waals surface area contributed by atoms with Crippen LogP contribution in [0.15, 0.2) is 48.5 Å². The van der Waals surface area contributed by atoms with E-state index < -0.39 is 20.9 Å². The Morgan fingerprint density at radius 1 is 1.12 bits per heavy atom. The number of rotatable bonds is 7. The van der Waals surface area contributed by atoms with Crippen LogP contribution in [0.25, 0.3) is 0 Å². The number of carbonyl (C=O) groups is 1. The van der Waals surface area contributed by atoms with E-state index in [4.69, 9.17) is 0 Å². The molecule has 0 saturated heterocycles. The highest BCUT2D eigenvalue weighted by molar-refractivity contribution is 7.88. The van der Waals surface area contributed by atoms with Crippen molar-refractivity contribution in [3.63, 3.8) is 0 Å². The standard InChI is InChI=1S/C17H19N3O5S/c1-13-3-7-15(8-4-13)18-17(21)11-19(2)26(24,25)12-14-5-9-16(10-6-14)20(22)23/h3-10H,11-12H2,1-2H3,(H,18,21). The van der Waals surface area contributed by atoms with Gasteiger partial charge in [-0.05, 0) is 24.6 Å². The van der Waals surface area contributed by atoms with E-state index in [1.807, 2.05) is 19.1 Å². The first kappa shape index (κ1) is 19.5. The van der Waals surface area contributed by atoms with Crippen molar-refractivity contribution in [2.75, 3.05) is 18.9 Å². The van der Waals surface area contributed by atoms with Gasteiger partial charge in [0.2, 0.25) is 15.9 Å². The van der Waals surface area contributed by atoms with Gasteiger partial charge in [0, 0.05) is 24.9 Å². The van der Waals surface area contributed by atoms with Crippen LogP contribution in [-0.4, -0.2) is 37.1 Å². The van der Waals surface area contributed by atoms with Crippen molar-refractivity contribution in [2.24, 2.45) is 0 Å². The fourth-order valence-electron chi connectivity index (χ4n) is 2.17. The Balaban J connectivity index is 1.97. The fraction of sp³-hybridized carbons (Fsp3) is 0.235. The van der Waals surface area contributed by atoms with Crippen LogP contribution in [-0.2, 0) is 20.6 Å². The van der Waals surface area contributed by atoms with Crippen molar-refractivity contribution in [2.45, 2.75) is 12.7 Å². The molecule has 0 unspecified atom stereocenters. The second-order valence-corrected chi connectivity index (χ2v) is 7.93. The van der Waals surface area contributed by atoms with E-state index in [2.05, 4.69) is 5.32 Å². The van der Waals surface area contributed by atoms with Crippen LogP contribution in [0.4, 0.5) is 11.4 Å². The predicted octanol–water partition coefficient (Wildman–Crippen LogP) is 2.30. The van der Waals surface area contributed by atoms with Gasteiger partial charge in [-0.2, -0.15) is 4.31 Å². The summed E-state index contributed by atoms with van der Waals surface area (Å²) in [6.07, 6.45) is 0. The highest BCUT2D eigenvalue weighted by Gasteiger charge is 2.21. The monoisotopic (exact) mass is 377 g/mol. The molecule has 0 aromatic heterocycles. The van der Waals surface area contributed by atoms with Gasteiger partial charge >= 0.3 is 0 Å². The summed E-state index contributed by atoms with van der Waals surface area (Å²) in [4.78, 5) is 22.1. The molecule has 0 fully saturated rings. The molecule has 0 bridgehead atoms. The number of hydrogen-bond acceptors (Lipinski definition) is 5. The van der Waals surface area contributed by atoms with Crippen LogP contribution in [0.1, 0.15) is 11.1 Å². The zero-order valence-corrected chi connectivity index (χ0v) is 15.2. The van der Waals surface area contributed by atoms with Crippen LogP contribution in [0.2, 0.25) is 0 Å². The number of non-ortho nitro benzene ring substituents is 1. The SMILES string of the molecule is Cc1ccc(NC(=O)CN(C)S(=O)(=O)Cc2ccc([N+](=O)[O-])cc2)cc1. The molecule has 2 aromatic rings. The number of anilines is 1. The van der Waals surface area contributed by atoms with E-state index in [1.165, 1.54) is 31.3 Å². The summed E-state index contributed by atoms with van der Waals surface area (Å²) in [7, 11) is -2.42. The smallest absolute Gasteiger partial charge is 0.269 e. The maximum atomic E-state index is 12.4. The average molecular weight is 377 g/mol. The summed E-state index contributed by atoms with van der Waals surface area (Å²) in [6, 6.07) is 12.4. The van der Waals surface area contributed by atoms with E-state index in [0.29, 0.717) is 11.3 Å². The van der Waals surface area contributed by atoms with Gasteiger partial charge in [0.15, 0.2) is 0 Å². The van der Waals surface area contributed by atoms with E-state index in [0.717, 1.165) is 9.87 Å². The first-order valence-electron chi connectivity index (χ1n) is 7.71. The minimum absolute atomic E-state index is 0.114. The largest absolute Gasteiger partial charge is 0.325 e. The Morgan fingerprint density at radius 3 is 2.23 bits per heavy atom. The summed E-state index contributed by atoms with van der Waals surface area (Å²) in [6.45, 7) is 1.59. The molecule has 9 heteroatoms. The molecular formula is C17H19N3O5S. The number of nitrogens with one attached hydrogen (secondary N) is 1. The summed E-state index contributed by atoms with van der Waals surface area (Å²) in [5.41, 5.74) is 1.92. The number of benzene rings is 2. The van der Waals surface area contributed by atoms with Gasteiger partial charge in [0.25, 0.3) is 5.69 Å². The van der Waals surface area contributed by atoms with Gasteiger partial charge in [-0.25, -0.2) is 8.42 Å². The third kappa shape index (κ3) is 5.36. The van der Waals surface area contributed by atoms with Crippen LogP contribution in [0.5, 0.6) is 0 Å². The third-order valence-electron chi connectivity index (χ3n) is 3.67. The zero-order chi connectivity index (χ0) is 19.3. The van der Waals surface area contributed by atoms with Crippen molar-refractivity contribution < 1.29 is 18.1 Å². The number of carbonyl (C=O) groups excluding carboxylic acids is 1. The van der Waals surface area contributed by atoms with Crippen LogP contribution >= 0.6 is 0 Å². The molecular weight excluding hydrogens is 358 g/mol. The van der Waals surface area contributed by atoms with E-state index in [-0.39, 0.29) is 18.0 Å². The van der Waals surface area contributed by atoms with Crippen molar-refractivity contribution in [1.29, 1.82) is 0 Å². The molecule has 8 nitrogen and oxygen atoms in total. The Bertz CT molecular complexity index is 893. The highest BCUT2D eigenvalue weighted by Crippen LogP contribution is 2.15. The molecule has 1 N–H and O–H groups in total. The number of nitro benzene ring substituents is 1. The number of nitrogens with zero attached hydrogens (tertiary/aromatic N) is 2. The van der Waals surface area contributed by atoms with Gasteiger partial charge in [-0.3, -0.25) is 14.9 Å². The molecule has 26 heavy (non-hydrogen) atoms. The molecule has 0 aliphatic carbocycles. The second kappa shape index (κ2) is 8.07. The fourth-order valence-corrected chi connectivity index (χ4v) is 3.32. The van der Waals surface area contributed by atoms with E-state index >= 15 is 0 Å². The molecule has 138 valence electrons. The molecule has 0 radical (unpaired) electrons. The number of sulfonamides is 1. The quantitative estimate of drug-likeness (QED) is 0.588. The zero-order valence-electron chi connectivity index (χ0n) is 14.4. The number of aryl methyl sites for hydroxylation is 1. The lowest BCUT2D eigenvalue weighted by Gasteiger charge is -2.17. The van der Waals surface area contributed by atoms with Crippen LogP contribution in [0, 0.1) is 17.0 Å². The minimum Gasteiger partial charge on any atom is -0.325 e. The highest BCUT2D eigenvalue weighted by atomic mass is 32.2.